The van der Waals surface area contributed by atoms with E-state index in [-0.39, 0.29) is 0 Å². The van der Waals surface area contributed by atoms with Gasteiger partial charge in [0, 0.05) is 36.9 Å². The first-order chi connectivity index (χ1) is 10.4. The fourth-order valence-corrected chi connectivity index (χ4v) is 2.59. The van der Waals surface area contributed by atoms with Crippen LogP contribution in [0.15, 0.2) is 30.6 Å². The predicted molar refractivity (Wildman–Crippen MR) is 88.6 cm³/mol. The van der Waals surface area contributed by atoms with Crippen molar-refractivity contribution < 1.29 is 19.1 Å². The van der Waals surface area contributed by atoms with Crippen LogP contribution in [0.1, 0.15) is 25.6 Å². The molecule has 7 heteroatoms. The molecule has 0 fully saturated rings. The second-order valence-corrected chi connectivity index (χ2v) is 6.19. The third kappa shape index (κ3) is 4.12. The van der Waals surface area contributed by atoms with Gasteiger partial charge in [0.25, 0.3) is 0 Å². The number of rotatable bonds is 4. The van der Waals surface area contributed by atoms with Gasteiger partial charge in [-0.15, -0.1) is 0 Å². The lowest BCUT2D eigenvalue weighted by Crippen LogP contribution is -2.30. The molecule has 0 radical (unpaired) electrons. The lowest BCUT2D eigenvalue weighted by atomic mass is 10.1. The fraction of sp³-hybridized carbons (Fsp3) is 0.333. The van der Waals surface area contributed by atoms with E-state index in [1.165, 1.54) is 13.8 Å². The summed E-state index contributed by atoms with van der Waals surface area (Å²) in [5, 5.41) is 0. The lowest BCUT2D eigenvalue weighted by molar-refractivity contribution is -0.155. The van der Waals surface area contributed by atoms with Crippen molar-refractivity contribution in [3.05, 3.63) is 39.7 Å². The zero-order valence-corrected chi connectivity index (χ0v) is 14.7. The molecule has 1 aliphatic rings. The van der Waals surface area contributed by atoms with Crippen molar-refractivity contribution in [3.63, 3.8) is 0 Å². The fourth-order valence-electron chi connectivity index (χ4n) is 2.13. The molecule has 1 aromatic rings. The molecule has 1 heterocycles. The van der Waals surface area contributed by atoms with Crippen LogP contribution >= 0.6 is 22.6 Å². The summed E-state index contributed by atoms with van der Waals surface area (Å²) in [5.74, 6) is -0.423. The van der Waals surface area contributed by atoms with Gasteiger partial charge in [-0.1, -0.05) is 0 Å². The van der Waals surface area contributed by atoms with Gasteiger partial charge in [-0.05, 0) is 40.8 Å². The molecule has 0 aromatic heterocycles. The predicted octanol–water partition coefficient (Wildman–Crippen LogP) is 2.45. The third-order valence-corrected chi connectivity index (χ3v) is 3.64. The first kappa shape index (κ1) is 16.6. The molecule has 1 unspecified atom stereocenters. The second-order valence-electron chi connectivity index (χ2n) is 4.95. The van der Waals surface area contributed by atoms with E-state index in [1.54, 1.807) is 12.1 Å². The molecule has 0 aliphatic carbocycles. The van der Waals surface area contributed by atoms with Gasteiger partial charge in [0.15, 0.2) is 0 Å². The van der Waals surface area contributed by atoms with Crippen molar-refractivity contribution in [2.24, 2.45) is 0 Å². The van der Waals surface area contributed by atoms with Gasteiger partial charge < -0.3 is 19.3 Å². The van der Waals surface area contributed by atoms with E-state index in [0.717, 1.165) is 3.57 Å². The molecule has 0 saturated heterocycles. The van der Waals surface area contributed by atoms with Crippen LogP contribution in [0.25, 0.3) is 0 Å². The molecule has 1 atom stereocenters. The number of hydrogen-bond acceptors (Lipinski definition) is 6. The van der Waals surface area contributed by atoms with E-state index in [2.05, 4.69) is 22.6 Å². The lowest BCUT2D eigenvalue weighted by Gasteiger charge is -2.29. The maximum absolute atomic E-state index is 11.5. The summed E-state index contributed by atoms with van der Waals surface area (Å²) >= 11 is 2.13. The van der Waals surface area contributed by atoms with Crippen molar-refractivity contribution in [3.8, 4) is 5.75 Å². The Bertz CT molecular complexity index is 618. The Morgan fingerprint density at radius 3 is 2.50 bits per heavy atom. The molecule has 0 saturated carbocycles. The molecule has 1 aromatic carbocycles. The molecule has 0 bridgehead atoms. The van der Waals surface area contributed by atoms with Crippen molar-refractivity contribution >= 4 is 34.5 Å². The zero-order valence-electron chi connectivity index (χ0n) is 12.6. The van der Waals surface area contributed by atoms with Crippen LogP contribution < -0.4 is 4.74 Å². The number of hydrogen-bond donors (Lipinski definition) is 0. The standard InChI is InChI=1S/C15H17IN2O4/c1-10(19)21-14-8-12(16)4-5-13(14)15(22-11(2)20)18-7-6-17(3)9-18/h4-8,15H,9H2,1-3H3. The topological polar surface area (TPSA) is 59.1 Å². The van der Waals surface area contributed by atoms with Crippen LogP contribution in [-0.4, -0.2) is 35.5 Å². The highest BCUT2D eigenvalue weighted by molar-refractivity contribution is 14.1. The van der Waals surface area contributed by atoms with E-state index in [4.69, 9.17) is 9.47 Å². The summed E-state index contributed by atoms with van der Waals surface area (Å²) in [6, 6.07) is 5.43. The third-order valence-electron chi connectivity index (χ3n) is 2.97. The minimum Gasteiger partial charge on any atom is -0.437 e. The Morgan fingerprint density at radius 1 is 1.23 bits per heavy atom. The summed E-state index contributed by atoms with van der Waals surface area (Å²) in [4.78, 5) is 26.6. The summed E-state index contributed by atoms with van der Waals surface area (Å²) in [5.41, 5.74) is 0.630. The summed E-state index contributed by atoms with van der Waals surface area (Å²) in [6.07, 6.45) is 3.07. The van der Waals surface area contributed by atoms with Gasteiger partial charge in [-0.25, -0.2) is 0 Å². The van der Waals surface area contributed by atoms with Gasteiger partial charge in [-0.2, -0.15) is 0 Å². The number of halogens is 1. The van der Waals surface area contributed by atoms with Crippen LogP contribution in [0, 0.1) is 3.57 Å². The quantitative estimate of drug-likeness (QED) is 0.427. The average molecular weight is 416 g/mol. The highest BCUT2D eigenvalue weighted by Gasteiger charge is 2.27. The molecular formula is C15H17IN2O4. The van der Waals surface area contributed by atoms with E-state index in [1.807, 2.05) is 35.3 Å². The van der Waals surface area contributed by atoms with Crippen LogP contribution in [0.5, 0.6) is 5.75 Å². The highest BCUT2D eigenvalue weighted by atomic mass is 127. The summed E-state index contributed by atoms with van der Waals surface area (Å²) < 4.78 is 11.6. The average Bonchev–Trinajstić information content (AvgIpc) is 2.82. The van der Waals surface area contributed by atoms with E-state index >= 15 is 0 Å². The Labute approximate surface area is 142 Å². The molecule has 2 rings (SSSR count). The number of nitrogens with zero attached hydrogens (tertiary/aromatic N) is 2. The number of ether oxygens (including phenoxy) is 2. The van der Waals surface area contributed by atoms with Crippen molar-refractivity contribution in [2.75, 3.05) is 13.7 Å². The van der Waals surface area contributed by atoms with Crippen molar-refractivity contribution in [1.82, 2.24) is 9.80 Å². The Hall–Kier alpha value is -1.77. The second kappa shape index (κ2) is 6.99. The van der Waals surface area contributed by atoms with Crippen LogP contribution in [0.3, 0.4) is 0 Å². The Kier molecular flexibility index (Phi) is 5.28. The normalized spacial score (nSPS) is 14.9. The van der Waals surface area contributed by atoms with Gasteiger partial charge >= 0.3 is 11.9 Å². The minimum absolute atomic E-state index is 0.397. The van der Waals surface area contributed by atoms with E-state index < -0.39 is 18.2 Å². The zero-order chi connectivity index (χ0) is 16.3. The van der Waals surface area contributed by atoms with Crippen molar-refractivity contribution in [2.45, 2.75) is 20.1 Å². The largest absolute Gasteiger partial charge is 0.437 e. The molecule has 6 nitrogen and oxygen atoms in total. The van der Waals surface area contributed by atoms with E-state index in [0.29, 0.717) is 18.0 Å². The summed E-state index contributed by atoms with van der Waals surface area (Å²) in [6.45, 7) is 3.27. The SMILES string of the molecule is CC(=O)Oc1cc(I)ccc1C(OC(C)=O)N1C=CN(C)C1. The molecular weight excluding hydrogens is 399 g/mol. The molecule has 0 amide bonds. The maximum Gasteiger partial charge on any atom is 0.308 e. The number of benzene rings is 1. The first-order valence-electron chi connectivity index (χ1n) is 6.66. The molecule has 0 spiro atoms. The Balaban J connectivity index is 2.40. The van der Waals surface area contributed by atoms with Crippen LogP contribution in [-0.2, 0) is 14.3 Å². The van der Waals surface area contributed by atoms with E-state index in [9.17, 15) is 9.59 Å². The highest BCUT2D eigenvalue weighted by Crippen LogP contribution is 2.33. The van der Waals surface area contributed by atoms with Gasteiger partial charge in [0.05, 0.1) is 12.2 Å². The smallest absolute Gasteiger partial charge is 0.308 e. The van der Waals surface area contributed by atoms with Gasteiger partial charge in [0.1, 0.15) is 5.75 Å². The molecule has 0 N–H and O–H groups in total. The van der Waals surface area contributed by atoms with Crippen LogP contribution in [0.4, 0.5) is 0 Å². The molecule has 22 heavy (non-hydrogen) atoms. The minimum atomic E-state index is -0.648. The first-order valence-corrected chi connectivity index (χ1v) is 7.74. The maximum atomic E-state index is 11.5. The Morgan fingerprint density at radius 2 is 1.95 bits per heavy atom. The summed E-state index contributed by atoms with van der Waals surface area (Å²) in [7, 11) is 1.92. The van der Waals surface area contributed by atoms with Gasteiger partial charge in [-0.3, -0.25) is 9.59 Å². The monoisotopic (exact) mass is 416 g/mol. The van der Waals surface area contributed by atoms with Crippen LogP contribution in [0.2, 0.25) is 0 Å². The molecule has 1 aliphatic heterocycles. The number of carbonyl (C=O) groups excluding carboxylic acids is 2. The molecule has 118 valence electrons. The van der Waals surface area contributed by atoms with Crippen molar-refractivity contribution in [1.29, 1.82) is 0 Å². The number of esters is 2. The number of carbonyl (C=O) groups is 2. The van der Waals surface area contributed by atoms with Gasteiger partial charge in [0.2, 0.25) is 6.23 Å².